The van der Waals surface area contributed by atoms with Crippen LogP contribution < -0.4 is 21.7 Å². The highest BCUT2D eigenvalue weighted by molar-refractivity contribution is 7.80. The largest absolute Gasteiger partial charge is 0.332 e. The number of thiocarbonyl (C=S) groups is 1. The highest BCUT2D eigenvalue weighted by Crippen LogP contribution is 2.14. The fourth-order valence-electron chi connectivity index (χ4n) is 2.51. The summed E-state index contributed by atoms with van der Waals surface area (Å²) in [6, 6.07) is 12.6. The van der Waals surface area contributed by atoms with Crippen LogP contribution in [0.25, 0.3) is 0 Å². The Kier molecular flexibility index (Phi) is 8.10. The van der Waals surface area contributed by atoms with Gasteiger partial charge in [0.1, 0.15) is 0 Å². The van der Waals surface area contributed by atoms with Crippen LogP contribution in [0.5, 0.6) is 0 Å². The van der Waals surface area contributed by atoms with E-state index in [1.807, 2.05) is 26.0 Å². The summed E-state index contributed by atoms with van der Waals surface area (Å²) >= 11 is 5.21. The van der Waals surface area contributed by atoms with Crippen molar-refractivity contribution < 1.29 is 9.59 Å². The van der Waals surface area contributed by atoms with Gasteiger partial charge in [0.2, 0.25) is 5.91 Å². The summed E-state index contributed by atoms with van der Waals surface area (Å²) < 4.78 is 0. The molecule has 7 heteroatoms. The predicted octanol–water partition coefficient (Wildman–Crippen LogP) is 3.50. The van der Waals surface area contributed by atoms with E-state index < -0.39 is 0 Å². The van der Waals surface area contributed by atoms with Crippen molar-refractivity contribution in [1.29, 1.82) is 0 Å². The summed E-state index contributed by atoms with van der Waals surface area (Å²) in [5.74, 6) is -0.299. The molecule has 2 amide bonds. The third-order valence-corrected chi connectivity index (χ3v) is 4.48. The van der Waals surface area contributed by atoms with Gasteiger partial charge in [-0.25, -0.2) is 0 Å². The van der Waals surface area contributed by atoms with Gasteiger partial charge in [-0.3, -0.25) is 14.9 Å². The number of rotatable bonds is 7. The molecule has 0 aliphatic heterocycles. The van der Waals surface area contributed by atoms with Crippen LogP contribution in [0, 0.1) is 13.8 Å². The lowest BCUT2D eigenvalue weighted by Gasteiger charge is -2.11. The second-order valence-corrected chi connectivity index (χ2v) is 6.99. The van der Waals surface area contributed by atoms with Crippen LogP contribution in [0.3, 0.4) is 0 Å². The Morgan fingerprint density at radius 1 is 0.929 bits per heavy atom. The van der Waals surface area contributed by atoms with Gasteiger partial charge < -0.3 is 16.4 Å². The van der Waals surface area contributed by atoms with Crippen LogP contribution in [-0.4, -0.2) is 23.5 Å². The molecule has 0 spiro atoms. The Bertz CT molecular complexity index is 850. The van der Waals surface area contributed by atoms with Crippen molar-refractivity contribution in [3.63, 3.8) is 0 Å². The van der Waals surface area contributed by atoms with Crippen molar-refractivity contribution >= 4 is 40.5 Å². The molecular weight excluding hydrogens is 372 g/mol. The maximum absolute atomic E-state index is 12.3. The Morgan fingerprint density at radius 3 is 2.18 bits per heavy atom. The SMILES string of the molecule is Cc1ccc(C(=O)NC(=S)Nc2ccc(NC(=O)CCCCN)cc2)cc1C. The van der Waals surface area contributed by atoms with Gasteiger partial charge >= 0.3 is 0 Å². The van der Waals surface area contributed by atoms with Crippen molar-refractivity contribution in [2.24, 2.45) is 5.73 Å². The van der Waals surface area contributed by atoms with Crippen molar-refractivity contribution in [3.8, 4) is 0 Å². The topological polar surface area (TPSA) is 96.2 Å². The molecule has 148 valence electrons. The van der Waals surface area contributed by atoms with Gasteiger partial charge in [0, 0.05) is 23.4 Å². The molecule has 0 bridgehead atoms. The monoisotopic (exact) mass is 398 g/mol. The van der Waals surface area contributed by atoms with E-state index in [0.717, 1.165) is 24.0 Å². The molecule has 0 aliphatic rings. The normalized spacial score (nSPS) is 10.2. The molecule has 2 aromatic carbocycles. The zero-order chi connectivity index (χ0) is 20.5. The first-order chi connectivity index (χ1) is 13.4. The van der Waals surface area contributed by atoms with Gasteiger partial charge in [-0.05, 0) is 93.0 Å². The lowest BCUT2D eigenvalue weighted by atomic mass is 10.1. The number of hydrogen-bond donors (Lipinski definition) is 4. The highest BCUT2D eigenvalue weighted by Gasteiger charge is 2.09. The van der Waals surface area contributed by atoms with Crippen LogP contribution >= 0.6 is 12.2 Å². The van der Waals surface area contributed by atoms with E-state index in [9.17, 15) is 9.59 Å². The molecule has 0 unspecified atom stereocenters. The third-order valence-electron chi connectivity index (χ3n) is 4.28. The quantitative estimate of drug-likeness (QED) is 0.423. The van der Waals surface area contributed by atoms with E-state index in [0.29, 0.717) is 29.9 Å². The summed E-state index contributed by atoms with van der Waals surface area (Å²) in [5, 5.41) is 8.68. The second kappa shape index (κ2) is 10.5. The van der Waals surface area contributed by atoms with Crippen molar-refractivity contribution in [3.05, 3.63) is 59.2 Å². The second-order valence-electron chi connectivity index (χ2n) is 6.58. The number of nitrogens with two attached hydrogens (primary N) is 1. The number of benzene rings is 2. The standard InChI is InChI=1S/C21H26N4O2S/c1-14-6-7-16(13-15(14)2)20(27)25-21(28)24-18-10-8-17(9-11-18)23-19(26)5-3-4-12-22/h6-11,13H,3-5,12,22H2,1-2H3,(H,23,26)(H2,24,25,27,28). The van der Waals surface area contributed by atoms with Gasteiger partial charge in [0.05, 0.1) is 0 Å². The molecule has 0 saturated carbocycles. The van der Waals surface area contributed by atoms with Gasteiger partial charge in [-0.2, -0.15) is 0 Å². The van der Waals surface area contributed by atoms with Crippen molar-refractivity contribution in [2.45, 2.75) is 33.1 Å². The minimum atomic E-state index is -0.262. The van der Waals surface area contributed by atoms with Gasteiger partial charge in [-0.1, -0.05) is 6.07 Å². The van der Waals surface area contributed by atoms with E-state index in [1.54, 1.807) is 30.3 Å². The van der Waals surface area contributed by atoms with E-state index in [4.69, 9.17) is 18.0 Å². The van der Waals surface area contributed by atoms with Crippen molar-refractivity contribution in [2.75, 3.05) is 17.2 Å². The van der Waals surface area contributed by atoms with E-state index in [-0.39, 0.29) is 16.9 Å². The summed E-state index contributed by atoms with van der Waals surface area (Å²) in [6.45, 7) is 4.55. The molecule has 0 atom stereocenters. The van der Waals surface area contributed by atoms with E-state index in [1.165, 1.54) is 0 Å². The molecule has 2 aromatic rings. The third kappa shape index (κ3) is 6.75. The molecule has 0 aromatic heterocycles. The average molecular weight is 399 g/mol. The van der Waals surface area contributed by atoms with Gasteiger partial charge in [0.15, 0.2) is 5.11 Å². The summed E-state index contributed by atoms with van der Waals surface area (Å²) in [6.07, 6.45) is 2.06. The fourth-order valence-corrected chi connectivity index (χ4v) is 2.72. The van der Waals surface area contributed by atoms with E-state index in [2.05, 4.69) is 16.0 Å². The lowest BCUT2D eigenvalue weighted by Crippen LogP contribution is -2.34. The molecule has 2 rings (SSSR count). The Morgan fingerprint density at radius 2 is 1.57 bits per heavy atom. The van der Waals surface area contributed by atoms with Crippen LogP contribution in [0.4, 0.5) is 11.4 Å². The van der Waals surface area contributed by atoms with E-state index >= 15 is 0 Å². The number of aryl methyl sites for hydroxylation is 2. The predicted molar refractivity (Wildman–Crippen MR) is 118 cm³/mol. The first-order valence-electron chi connectivity index (χ1n) is 9.18. The maximum atomic E-state index is 12.3. The zero-order valence-corrected chi connectivity index (χ0v) is 17.0. The highest BCUT2D eigenvalue weighted by atomic mass is 32.1. The first-order valence-corrected chi connectivity index (χ1v) is 9.59. The summed E-state index contributed by atoms with van der Waals surface area (Å²) in [4.78, 5) is 24.1. The molecule has 0 aliphatic carbocycles. The van der Waals surface area contributed by atoms with Gasteiger partial charge in [-0.15, -0.1) is 0 Å². The lowest BCUT2D eigenvalue weighted by molar-refractivity contribution is -0.116. The van der Waals surface area contributed by atoms with Crippen LogP contribution in [0.2, 0.25) is 0 Å². The Balaban J connectivity index is 1.85. The molecule has 0 radical (unpaired) electrons. The van der Waals surface area contributed by atoms with Crippen LogP contribution in [0.15, 0.2) is 42.5 Å². The Labute approximate surface area is 170 Å². The molecular formula is C21H26N4O2S. The number of carbonyl (C=O) groups is 2. The minimum Gasteiger partial charge on any atom is -0.332 e. The maximum Gasteiger partial charge on any atom is 0.257 e. The number of hydrogen-bond acceptors (Lipinski definition) is 4. The molecule has 5 N–H and O–H groups in total. The zero-order valence-electron chi connectivity index (χ0n) is 16.2. The van der Waals surface area contributed by atoms with Crippen LogP contribution in [0.1, 0.15) is 40.7 Å². The number of anilines is 2. The summed E-state index contributed by atoms with van der Waals surface area (Å²) in [7, 11) is 0. The number of unbranched alkanes of at least 4 members (excludes halogenated alkanes) is 1. The minimum absolute atomic E-state index is 0.0367. The van der Waals surface area contributed by atoms with Crippen molar-refractivity contribution in [1.82, 2.24) is 5.32 Å². The average Bonchev–Trinajstić information content (AvgIpc) is 2.65. The molecule has 0 heterocycles. The summed E-state index contributed by atoms with van der Waals surface area (Å²) in [5.41, 5.74) is 9.57. The molecule has 28 heavy (non-hydrogen) atoms. The molecule has 6 nitrogen and oxygen atoms in total. The number of nitrogens with one attached hydrogen (secondary N) is 3. The number of carbonyl (C=O) groups excluding carboxylic acids is 2. The molecule has 0 saturated heterocycles. The number of amides is 2. The Hall–Kier alpha value is -2.77. The fraction of sp³-hybridized carbons (Fsp3) is 0.286. The smallest absolute Gasteiger partial charge is 0.257 e. The van der Waals surface area contributed by atoms with Crippen LogP contribution in [-0.2, 0) is 4.79 Å². The molecule has 0 fully saturated rings. The first kappa shape index (κ1) is 21.5. The van der Waals surface area contributed by atoms with Gasteiger partial charge in [0.25, 0.3) is 5.91 Å².